The fraction of sp³-hybridized carbons (Fsp3) is 0.881. The van der Waals surface area contributed by atoms with E-state index in [1.807, 2.05) is 0 Å². The van der Waals surface area contributed by atoms with Gasteiger partial charge in [0.15, 0.2) is 6.10 Å². The second kappa shape index (κ2) is 54.5. The molecule has 0 aromatic rings. The molecule has 0 amide bonds. The minimum absolute atomic E-state index is 0.0716. The lowest BCUT2D eigenvalue weighted by molar-refractivity contribution is -0.167. The molecule has 0 spiro atoms. The second-order valence-corrected chi connectivity index (χ2v) is 19.6. The van der Waals surface area contributed by atoms with Crippen LogP contribution in [0, 0.1) is 0 Å². The molecule has 0 saturated heterocycles. The Labute approximate surface area is 404 Å². The van der Waals surface area contributed by atoms with Crippen LogP contribution in [0.5, 0.6) is 0 Å². The Balaban J connectivity index is 4.28. The van der Waals surface area contributed by atoms with E-state index in [2.05, 4.69) is 45.1 Å². The van der Waals surface area contributed by atoms with Gasteiger partial charge < -0.3 is 14.2 Å². The third kappa shape index (κ3) is 52.7. The predicted octanol–water partition coefficient (Wildman–Crippen LogP) is 19.1. The zero-order valence-corrected chi connectivity index (χ0v) is 43.8. The standard InChI is InChI=1S/C59H110O6/c1-4-7-10-13-16-19-22-25-27-28-29-30-31-32-35-37-40-43-46-49-52-58(61)64-55-56(54-63-57(60)51-48-45-42-39-36-33-24-21-18-15-12-9-6-3)65-59(62)53-50-47-44-41-38-34-26-23-20-17-14-11-8-5-2/h14,17,23,26,56H,4-13,15-16,18-22,24-25,27-55H2,1-3H3/b17-14-,26-23-. The normalized spacial score (nSPS) is 12.1. The summed E-state index contributed by atoms with van der Waals surface area (Å²) in [5.74, 6) is -0.865. The van der Waals surface area contributed by atoms with Gasteiger partial charge in [-0.15, -0.1) is 0 Å². The van der Waals surface area contributed by atoms with E-state index in [0.717, 1.165) is 83.5 Å². The third-order valence-electron chi connectivity index (χ3n) is 13.0. The summed E-state index contributed by atoms with van der Waals surface area (Å²) in [5, 5.41) is 0. The molecule has 1 unspecified atom stereocenters. The Kier molecular flexibility index (Phi) is 52.7. The zero-order valence-electron chi connectivity index (χ0n) is 43.8. The SMILES string of the molecule is CCCC/C=C\C/C=C\CCCCCCCC(=O)OC(COC(=O)CCCCCCCCCCCCCCC)COC(=O)CCCCCCCCCCCCCCCCCCCCCC. The Bertz CT molecular complexity index is 1050. The van der Waals surface area contributed by atoms with Crippen molar-refractivity contribution >= 4 is 17.9 Å². The Morgan fingerprint density at radius 2 is 0.569 bits per heavy atom. The molecule has 0 aliphatic rings. The first-order chi connectivity index (χ1) is 32.0. The quantitative estimate of drug-likeness (QED) is 0.0262. The summed E-state index contributed by atoms with van der Waals surface area (Å²) in [4.78, 5) is 38.1. The van der Waals surface area contributed by atoms with Gasteiger partial charge in [-0.1, -0.05) is 276 Å². The van der Waals surface area contributed by atoms with Crippen molar-refractivity contribution in [1.29, 1.82) is 0 Å². The van der Waals surface area contributed by atoms with Crippen molar-refractivity contribution in [3.63, 3.8) is 0 Å². The van der Waals surface area contributed by atoms with Crippen molar-refractivity contribution in [1.82, 2.24) is 0 Å². The fourth-order valence-electron chi connectivity index (χ4n) is 8.58. The number of allylic oxidation sites excluding steroid dienone is 4. The van der Waals surface area contributed by atoms with Crippen molar-refractivity contribution in [2.24, 2.45) is 0 Å². The van der Waals surface area contributed by atoms with E-state index in [9.17, 15) is 14.4 Å². The number of hydrogen-bond donors (Lipinski definition) is 0. The first-order valence-corrected chi connectivity index (χ1v) is 28.8. The van der Waals surface area contributed by atoms with Crippen LogP contribution in [0.3, 0.4) is 0 Å². The zero-order chi connectivity index (χ0) is 47.2. The summed E-state index contributed by atoms with van der Waals surface area (Å²) in [5.41, 5.74) is 0. The molecule has 0 rings (SSSR count). The summed E-state index contributed by atoms with van der Waals surface area (Å²) < 4.78 is 16.9. The number of esters is 3. The Hall–Kier alpha value is -2.11. The molecule has 6 heteroatoms. The number of unbranched alkanes of at least 4 members (excludes halogenated alkanes) is 38. The summed E-state index contributed by atoms with van der Waals surface area (Å²) >= 11 is 0. The van der Waals surface area contributed by atoms with Crippen LogP contribution in [-0.4, -0.2) is 37.2 Å². The van der Waals surface area contributed by atoms with Gasteiger partial charge in [0.1, 0.15) is 13.2 Å². The fourth-order valence-corrected chi connectivity index (χ4v) is 8.58. The van der Waals surface area contributed by atoms with Crippen molar-refractivity contribution < 1.29 is 28.6 Å². The van der Waals surface area contributed by atoms with Crippen molar-refractivity contribution in [2.75, 3.05) is 13.2 Å². The lowest BCUT2D eigenvalue weighted by Gasteiger charge is -2.18. The van der Waals surface area contributed by atoms with Crippen LogP contribution in [0.2, 0.25) is 0 Å². The van der Waals surface area contributed by atoms with E-state index >= 15 is 0 Å². The first kappa shape index (κ1) is 62.9. The maximum Gasteiger partial charge on any atom is 0.306 e. The minimum atomic E-state index is -0.773. The van der Waals surface area contributed by atoms with E-state index in [4.69, 9.17) is 14.2 Å². The van der Waals surface area contributed by atoms with Crippen LogP contribution >= 0.6 is 0 Å². The molecule has 1 atom stereocenters. The van der Waals surface area contributed by atoms with E-state index in [1.54, 1.807) is 0 Å². The maximum atomic E-state index is 12.8. The van der Waals surface area contributed by atoms with Gasteiger partial charge in [0.05, 0.1) is 0 Å². The summed E-state index contributed by atoms with van der Waals surface area (Å²) in [6.07, 6.45) is 63.1. The maximum absolute atomic E-state index is 12.8. The molecule has 65 heavy (non-hydrogen) atoms. The van der Waals surface area contributed by atoms with Crippen LogP contribution in [0.25, 0.3) is 0 Å². The number of carbonyl (C=O) groups excluding carboxylic acids is 3. The summed E-state index contributed by atoms with van der Waals surface area (Å²) in [6, 6.07) is 0. The molecular weight excluding hydrogens is 805 g/mol. The molecule has 0 saturated carbocycles. The van der Waals surface area contributed by atoms with Gasteiger partial charge in [-0.05, 0) is 44.9 Å². The molecule has 0 aliphatic heterocycles. The molecule has 0 radical (unpaired) electrons. The minimum Gasteiger partial charge on any atom is -0.462 e. The van der Waals surface area contributed by atoms with E-state index in [-0.39, 0.29) is 31.1 Å². The Morgan fingerprint density at radius 3 is 0.892 bits per heavy atom. The smallest absolute Gasteiger partial charge is 0.306 e. The summed E-state index contributed by atoms with van der Waals surface area (Å²) in [7, 11) is 0. The molecule has 0 aromatic carbocycles. The molecule has 0 N–H and O–H groups in total. The molecule has 0 aliphatic carbocycles. The monoisotopic (exact) mass is 915 g/mol. The van der Waals surface area contributed by atoms with Gasteiger partial charge in [0.2, 0.25) is 0 Å². The number of rotatable bonds is 53. The van der Waals surface area contributed by atoms with Crippen LogP contribution in [0.4, 0.5) is 0 Å². The van der Waals surface area contributed by atoms with Crippen molar-refractivity contribution in [3.8, 4) is 0 Å². The average molecular weight is 916 g/mol. The number of carbonyl (C=O) groups is 3. The molecule has 0 heterocycles. The highest BCUT2D eigenvalue weighted by Crippen LogP contribution is 2.17. The molecular formula is C59H110O6. The van der Waals surface area contributed by atoms with Gasteiger partial charge in [0.25, 0.3) is 0 Å². The largest absolute Gasteiger partial charge is 0.462 e. The highest BCUT2D eigenvalue weighted by Gasteiger charge is 2.19. The molecule has 0 fully saturated rings. The van der Waals surface area contributed by atoms with E-state index in [1.165, 1.54) is 193 Å². The van der Waals surface area contributed by atoms with Crippen LogP contribution in [-0.2, 0) is 28.6 Å². The highest BCUT2D eigenvalue weighted by atomic mass is 16.6. The molecule has 0 aromatic heterocycles. The topological polar surface area (TPSA) is 78.9 Å². The van der Waals surface area contributed by atoms with E-state index < -0.39 is 6.10 Å². The van der Waals surface area contributed by atoms with Gasteiger partial charge in [0, 0.05) is 19.3 Å². The second-order valence-electron chi connectivity index (χ2n) is 19.6. The van der Waals surface area contributed by atoms with Crippen LogP contribution < -0.4 is 0 Å². The van der Waals surface area contributed by atoms with Gasteiger partial charge in [-0.2, -0.15) is 0 Å². The third-order valence-corrected chi connectivity index (χ3v) is 13.0. The lowest BCUT2D eigenvalue weighted by atomic mass is 10.0. The summed E-state index contributed by atoms with van der Waals surface area (Å²) in [6.45, 7) is 6.64. The Morgan fingerprint density at radius 1 is 0.308 bits per heavy atom. The average Bonchev–Trinajstić information content (AvgIpc) is 3.30. The molecule has 0 bridgehead atoms. The lowest BCUT2D eigenvalue weighted by Crippen LogP contribution is -2.30. The van der Waals surface area contributed by atoms with Gasteiger partial charge in [-0.25, -0.2) is 0 Å². The number of hydrogen-bond acceptors (Lipinski definition) is 6. The predicted molar refractivity (Wildman–Crippen MR) is 279 cm³/mol. The highest BCUT2D eigenvalue weighted by molar-refractivity contribution is 5.71. The van der Waals surface area contributed by atoms with Gasteiger partial charge in [-0.3, -0.25) is 14.4 Å². The van der Waals surface area contributed by atoms with Crippen LogP contribution in [0.15, 0.2) is 24.3 Å². The van der Waals surface area contributed by atoms with Crippen molar-refractivity contribution in [3.05, 3.63) is 24.3 Å². The van der Waals surface area contributed by atoms with Gasteiger partial charge >= 0.3 is 17.9 Å². The van der Waals surface area contributed by atoms with Crippen LogP contribution in [0.1, 0.15) is 316 Å². The molecule has 382 valence electrons. The first-order valence-electron chi connectivity index (χ1n) is 28.8. The van der Waals surface area contributed by atoms with Crippen molar-refractivity contribution in [2.45, 2.75) is 322 Å². The number of ether oxygens (including phenoxy) is 3. The molecule has 6 nitrogen and oxygen atoms in total. The van der Waals surface area contributed by atoms with E-state index in [0.29, 0.717) is 19.3 Å².